The molecule has 0 aromatic carbocycles. The molecule has 2 N–H and O–H groups in total. The van der Waals surface area contributed by atoms with Crippen molar-refractivity contribution in [3.8, 4) is 0 Å². The first-order chi connectivity index (χ1) is 3.79. The molecule has 1 aliphatic rings. The van der Waals surface area contributed by atoms with Gasteiger partial charge in [0.25, 0.3) is 0 Å². The van der Waals surface area contributed by atoms with E-state index in [9.17, 15) is 0 Å². The minimum absolute atomic E-state index is 0.868. The molecule has 0 spiro atoms. The van der Waals surface area contributed by atoms with Crippen LogP contribution in [0.3, 0.4) is 0 Å². The largest absolute Gasteiger partial charge is 0.269 e. The van der Waals surface area contributed by atoms with Crippen LogP contribution in [0.15, 0.2) is 0 Å². The molecule has 1 heterocycles. The van der Waals surface area contributed by atoms with E-state index in [-0.39, 0.29) is 0 Å². The zero-order chi connectivity index (χ0) is 5.98. The Hall–Kier alpha value is 0.650. The quantitative estimate of drug-likeness (QED) is 0.375. The van der Waals surface area contributed by atoms with Gasteiger partial charge in [0, 0.05) is 17.0 Å². The Balaban J connectivity index is 2.19. The van der Waals surface area contributed by atoms with E-state index in [2.05, 4.69) is 22.6 Å². The van der Waals surface area contributed by atoms with Gasteiger partial charge < -0.3 is 0 Å². The molecule has 0 bridgehead atoms. The van der Waals surface area contributed by atoms with Gasteiger partial charge in [0.05, 0.1) is 0 Å². The average Bonchev–Trinajstić information content (AvgIpc) is 1.77. The van der Waals surface area contributed by atoms with Crippen LogP contribution in [-0.4, -0.2) is 22.0 Å². The van der Waals surface area contributed by atoms with Crippen LogP contribution in [0.4, 0.5) is 0 Å². The molecule has 48 valence electrons. The Kier molecular flexibility index (Phi) is 2.52. The monoisotopic (exact) mass is 226 g/mol. The van der Waals surface area contributed by atoms with Crippen LogP contribution in [0, 0.1) is 0 Å². The number of nitrogens with two attached hydrogens (primary N) is 1. The number of hydrogen-bond acceptors (Lipinski definition) is 2. The summed E-state index contributed by atoms with van der Waals surface area (Å²) in [7, 11) is 0. The lowest BCUT2D eigenvalue weighted by Crippen LogP contribution is -2.38. The summed E-state index contributed by atoms with van der Waals surface area (Å²) in [6, 6.07) is 0. The smallest absolute Gasteiger partial charge is 0.0138 e. The highest BCUT2D eigenvalue weighted by atomic mass is 127. The Morgan fingerprint density at radius 2 is 1.88 bits per heavy atom. The molecule has 0 aliphatic carbocycles. The van der Waals surface area contributed by atoms with Crippen molar-refractivity contribution in [2.75, 3.05) is 13.1 Å². The summed E-state index contributed by atoms with van der Waals surface area (Å²) in [4.78, 5) is 0. The van der Waals surface area contributed by atoms with Crippen LogP contribution in [0.1, 0.15) is 12.8 Å². The Morgan fingerprint density at radius 3 is 2.25 bits per heavy atom. The summed E-state index contributed by atoms with van der Waals surface area (Å²) in [6.45, 7) is 2.15. The van der Waals surface area contributed by atoms with Crippen LogP contribution in [0.5, 0.6) is 0 Å². The number of nitrogens with zero attached hydrogens (tertiary/aromatic N) is 1. The topological polar surface area (TPSA) is 29.3 Å². The predicted molar refractivity (Wildman–Crippen MR) is 42.8 cm³/mol. The summed E-state index contributed by atoms with van der Waals surface area (Å²) in [6.07, 6.45) is 2.52. The molecule has 0 unspecified atom stereocenters. The molecule has 0 atom stereocenters. The van der Waals surface area contributed by atoms with Gasteiger partial charge in [-0.1, -0.05) is 22.6 Å². The van der Waals surface area contributed by atoms with E-state index in [0.717, 1.165) is 17.0 Å². The molecular weight excluding hydrogens is 215 g/mol. The van der Waals surface area contributed by atoms with Crippen molar-refractivity contribution >= 4 is 22.6 Å². The van der Waals surface area contributed by atoms with E-state index in [1.807, 2.05) is 5.01 Å². The molecule has 1 fully saturated rings. The molecule has 1 rings (SSSR count). The van der Waals surface area contributed by atoms with Gasteiger partial charge in [0.15, 0.2) is 0 Å². The van der Waals surface area contributed by atoms with Gasteiger partial charge in [-0.05, 0) is 12.8 Å². The SMILES string of the molecule is NN1CCC(I)CC1. The minimum atomic E-state index is 0.868. The highest BCUT2D eigenvalue weighted by molar-refractivity contribution is 14.1. The van der Waals surface area contributed by atoms with Crippen molar-refractivity contribution < 1.29 is 0 Å². The van der Waals surface area contributed by atoms with E-state index < -0.39 is 0 Å². The Morgan fingerprint density at radius 1 is 1.38 bits per heavy atom. The van der Waals surface area contributed by atoms with Gasteiger partial charge in [0.2, 0.25) is 0 Å². The zero-order valence-electron chi connectivity index (χ0n) is 4.81. The highest BCUT2D eigenvalue weighted by Crippen LogP contribution is 2.15. The van der Waals surface area contributed by atoms with Gasteiger partial charge >= 0.3 is 0 Å². The fourth-order valence-electron chi connectivity index (χ4n) is 0.868. The predicted octanol–water partition coefficient (Wildman–Crippen LogP) is 0.759. The highest BCUT2D eigenvalue weighted by Gasteiger charge is 2.12. The third-order valence-corrected chi connectivity index (χ3v) is 2.70. The summed E-state index contributed by atoms with van der Waals surface area (Å²) < 4.78 is 0.868. The maximum absolute atomic E-state index is 5.53. The number of hydrogen-bond donors (Lipinski definition) is 1. The van der Waals surface area contributed by atoms with Gasteiger partial charge in [-0.15, -0.1) is 0 Å². The third kappa shape index (κ3) is 1.87. The molecule has 0 radical (unpaired) electrons. The molecule has 0 saturated carbocycles. The van der Waals surface area contributed by atoms with Gasteiger partial charge in [-0.3, -0.25) is 5.84 Å². The molecule has 8 heavy (non-hydrogen) atoms. The van der Waals surface area contributed by atoms with Gasteiger partial charge in [-0.2, -0.15) is 0 Å². The second-order valence-electron chi connectivity index (χ2n) is 2.21. The Bertz CT molecular complexity index is 58.8. The second-order valence-corrected chi connectivity index (χ2v) is 3.97. The maximum atomic E-state index is 5.53. The van der Waals surface area contributed by atoms with E-state index in [0.29, 0.717) is 0 Å². The number of rotatable bonds is 0. The fraction of sp³-hybridized carbons (Fsp3) is 1.00. The number of alkyl halides is 1. The van der Waals surface area contributed by atoms with Crippen LogP contribution < -0.4 is 5.84 Å². The van der Waals surface area contributed by atoms with E-state index >= 15 is 0 Å². The summed E-state index contributed by atoms with van der Waals surface area (Å²) in [5.74, 6) is 5.53. The lowest BCUT2D eigenvalue weighted by atomic mass is 10.2. The van der Waals surface area contributed by atoms with Crippen LogP contribution in [-0.2, 0) is 0 Å². The molecule has 0 aromatic rings. The number of piperidine rings is 1. The van der Waals surface area contributed by atoms with Crippen LogP contribution in [0.25, 0.3) is 0 Å². The first-order valence-electron chi connectivity index (χ1n) is 2.93. The van der Waals surface area contributed by atoms with Gasteiger partial charge in [0.1, 0.15) is 0 Å². The average molecular weight is 226 g/mol. The summed E-state index contributed by atoms with van der Waals surface area (Å²) >= 11 is 2.48. The van der Waals surface area contributed by atoms with Crippen molar-refractivity contribution in [1.82, 2.24) is 5.01 Å². The first kappa shape index (κ1) is 6.77. The van der Waals surface area contributed by atoms with Gasteiger partial charge in [-0.25, -0.2) is 5.01 Å². The lowest BCUT2D eigenvalue weighted by Gasteiger charge is -2.24. The van der Waals surface area contributed by atoms with Crippen molar-refractivity contribution in [2.45, 2.75) is 16.8 Å². The van der Waals surface area contributed by atoms with Crippen molar-refractivity contribution in [3.63, 3.8) is 0 Å². The molecule has 1 saturated heterocycles. The standard InChI is InChI=1S/C5H11IN2/c6-5-1-3-8(7)4-2-5/h5H,1-4,7H2. The molecule has 1 aliphatic heterocycles. The van der Waals surface area contributed by atoms with Crippen molar-refractivity contribution in [1.29, 1.82) is 0 Å². The molecule has 0 amide bonds. The van der Waals surface area contributed by atoms with Crippen molar-refractivity contribution in [2.24, 2.45) is 5.84 Å². The van der Waals surface area contributed by atoms with Crippen LogP contribution >= 0.6 is 22.6 Å². The maximum Gasteiger partial charge on any atom is 0.0138 e. The lowest BCUT2D eigenvalue weighted by molar-refractivity contribution is 0.243. The summed E-state index contributed by atoms with van der Waals surface area (Å²) in [5.41, 5.74) is 0. The first-order valence-corrected chi connectivity index (χ1v) is 4.17. The number of hydrazine groups is 1. The molecular formula is C5H11IN2. The normalized spacial score (nSPS) is 26.2. The molecule has 2 nitrogen and oxygen atoms in total. The third-order valence-electron chi connectivity index (χ3n) is 1.46. The fourth-order valence-corrected chi connectivity index (χ4v) is 1.43. The molecule has 0 aromatic heterocycles. The summed E-state index contributed by atoms with van der Waals surface area (Å²) in [5, 5.41) is 1.90. The second kappa shape index (κ2) is 2.98. The molecule has 3 heteroatoms. The van der Waals surface area contributed by atoms with E-state index in [1.54, 1.807) is 0 Å². The Labute approximate surface area is 63.5 Å². The minimum Gasteiger partial charge on any atom is -0.269 e. The van der Waals surface area contributed by atoms with E-state index in [1.165, 1.54) is 12.8 Å². The van der Waals surface area contributed by atoms with Crippen molar-refractivity contribution in [3.05, 3.63) is 0 Å². The number of halogens is 1. The van der Waals surface area contributed by atoms with Crippen LogP contribution in [0.2, 0.25) is 0 Å². The zero-order valence-corrected chi connectivity index (χ0v) is 6.97. The van der Waals surface area contributed by atoms with E-state index in [4.69, 9.17) is 5.84 Å².